The monoisotopic (exact) mass is 463 g/mol. The molecule has 0 saturated carbocycles. The van der Waals surface area contributed by atoms with Gasteiger partial charge in [-0.15, -0.1) is 0 Å². The molecule has 0 aliphatic heterocycles. The summed E-state index contributed by atoms with van der Waals surface area (Å²) in [7, 11) is -0.889. The van der Waals surface area contributed by atoms with Gasteiger partial charge in [0.05, 0.1) is 11.3 Å². The van der Waals surface area contributed by atoms with Crippen LogP contribution < -0.4 is 14.9 Å². The lowest BCUT2D eigenvalue weighted by atomic mass is 10.1. The van der Waals surface area contributed by atoms with E-state index < -0.39 is 33.4 Å². The maximum atomic E-state index is 14.1. The number of nitrogens with zero attached hydrogens (tertiary/aromatic N) is 1. The van der Waals surface area contributed by atoms with Gasteiger partial charge in [-0.25, -0.2) is 21.6 Å². The first-order chi connectivity index (χ1) is 15.0. The summed E-state index contributed by atoms with van der Waals surface area (Å²) in [5.41, 5.74) is 0.584. The van der Waals surface area contributed by atoms with Crippen LogP contribution in [0.1, 0.15) is 5.56 Å². The molecule has 0 fully saturated rings. The van der Waals surface area contributed by atoms with E-state index in [2.05, 4.69) is 10.0 Å². The van der Waals surface area contributed by atoms with E-state index in [1.54, 1.807) is 12.1 Å². The fourth-order valence-corrected chi connectivity index (χ4v) is 4.03. The second-order valence-electron chi connectivity index (χ2n) is 7.16. The predicted octanol–water partition coefficient (Wildman–Crippen LogP) is 4.15. The molecule has 0 aliphatic carbocycles. The average molecular weight is 463 g/mol. The Morgan fingerprint density at radius 3 is 1.97 bits per heavy atom. The minimum absolute atomic E-state index is 0.0146. The van der Waals surface area contributed by atoms with Crippen molar-refractivity contribution < 1.29 is 26.4 Å². The third-order valence-electron chi connectivity index (χ3n) is 4.44. The van der Waals surface area contributed by atoms with Crippen molar-refractivity contribution in [3.63, 3.8) is 0 Å². The lowest BCUT2D eigenvalue weighted by Crippen LogP contribution is -2.17. The molecule has 0 radical (unpaired) electrons. The van der Waals surface area contributed by atoms with Crippen molar-refractivity contribution in [2.24, 2.45) is 0 Å². The van der Waals surface area contributed by atoms with Gasteiger partial charge in [-0.05, 0) is 54.1 Å². The molecule has 3 aromatic rings. The first-order valence-electron chi connectivity index (χ1n) is 9.39. The minimum Gasteiger partial charge on any atom is -0.373 e. The molecule has 0 atom stereocenters. The van der Waals surface area contributed by atoms with Crippen LogP contribution in [-0.2, 0) is 21.2 Å². The Bertz CT molecular complexity index is 1210. The summed E-state index contributed by atoms with van der Waals surface area (Å²) in [5, 5.41) is 2.44. The van der Waals surface area contributed by atoms with E-state index in [-0.39, 0.29) is 28.4 Å². The fraction of sp³-hybridized carbons (Fsp3) is 0.136. The van der Waals surface area contributed by atoms with E-state index in [1.165, 1.54) is 31.1 Å². The molecule has 0 heterocycles. The summed E-state index contributed by atoms with van der Waals surface area (Å²) in [6, 6.07) is 12.5. The highest BCUT2D eigenvalue weighted by atomic mass is 32.2. The first-order valence-corrected chi connectivity index (χ1v) is 10.9. The SMILES string of the molecule is CN(C)c1c(F)cc(NC(=O)Cc2ccc(NS(=O)(=O)c3ccc(F)cc3)cc2)cc1F. The molecule has 3 rings (SSSR count). The van der Waals surface area contributed by atoms with Crippen LogP contribution in [0, 0.1) is 17.5 Å². The van der Waals surface area contributed by atoms with Gasteiger partial charge in [0, 0.05) is 25.5 Å². The van der Waals surface area contributed by atoms with Gasteiger partial charge < -0.3 is 10.2 Å². The van der Waals surface area contributed by atoms with Crippen LogP contribution >= 0.6 is 0 Å². The lowest BCUT2D eigenvalue weighted by molar-refractivity contribution is -0.115. The van der Waals surface area contributed by atoms with Gasteiger partial charge >= 0.3 is 0 Å². The Hall–Kier alpha value is -3.53. The molecule has 0 saturated heterocycles. The molecule has 0 unspecified atom stereocenters. The molecule has 1 amide bonds. The third kappa shape index (κ3) is 5.58. The molecule has 0 aliphatic rings. The molecule has 6 nitrogen and oxygen atoms in total. The van der Waals surface area contributed by atoms with Crippen molar-refractivity contribution in [2.45, 2.75) is 11.3 Å². The van der Waals surface area contributed by atoms with Crippen LogP contribution in [0.5, 0.6) is 0 Å². The highest BCUT2D eigenvalue weighted by molar-refractivity contribution is 7.92. The normalized spacial score (nSPS) is 11.2. The van der Waals surface area contributed by atoms with Crippen molar-refractivity contribution in [1.82, 2.24) is 0 Å². The number of hydrogen-bond donors (Lipinski definition) is 2. The number of carbonyl (C=O) groups is 1. The van der Waals surface area contributed by atoms with Crippen molar-refractivity contribution >= 4 is 33.0 Å². The topological polar surface area (TPSA) is 78.5 Å². The Kier molecular flexibility index (Phi) is 6.73. The largest absolute Gasteiger partial charge is 0.373 e. The number of nitrogens with one attached hydrogen (secondary N) is 2. The van der Waals surface area contributed by atoms with Gasteiger partial charge in [0.2, 0.25) is 5.91 Å². The third-order valence-corrected chi connectivity index (χ3v) is 5.84. The highest BCUT2D eigenvalue weighted by Crippen LogP contribution is 2.25. The lowest BCUT2D eigenvalue weighted by Gasteiger charge is -2.16. The van der Waals surface area contributed by atoms with Gasteiger partial charge in [0.15, 0.2) is 11.6 Å². The summed E-state index contributed by atoms with van der Waals surface area (Å²) in [4.78, 5) is 13.4. The second-order valence-corrected chi connectivity index (χ2v) is 8.85. The molecule has 32 heavy (non-hydrogen) atoms. The number of hydrogen-bond acceptors (Lipinski definition) is 4. The van der Waals surface area contributed by atoms with Crippen molar-refractivity contribution in [3.05, 3.63) is 83.7 Å². The van der Waals surface area contributed by atoms with Crippen LogP contribution in [0.2, 0.25) is 0 Å². The molecule has 0 aromatic heterocycles. The summed E-state index contributed by atoms with van der Waals surface area (Å²) < 4.78 is 68.1. The van der Waals surface area contributed by atoms with Crippen LogP contribution in [0.3, 0.4) is 0 Å². The summed E-state index contributed by atoms with van der Waals surface area (Å²) in [6.07, 6.45) is -0.0936. The van der Waals surface area contributed by atoms with E-state index in [0.29, 0.717) is 5.56 Å². The summed E-state index contributed by atoms with van der Waals surface area (Å²) in [5.74, 6) is -2.65. The van der Waals surface area contributed by atoms with Crippen molar-refractivity contribution in [1.29, 1.82) is 0 Å². The molecular weight excluding hydrogens is 443 g/mol. The van der Waals surface area contributed by atoms with Crippen molar-refractivity contribution in [3.8, 4) is 0 Å². The molecule has 0 bridgehead atoms. The predicted molar refractivity (Wildman–Crippen MR) is 117 cm³/mol. The zero-order chi connectivity index (χ0) is 23.5. The van der Waals surface area contributed by atoms with Gasteiger partial charge in [-0.3, -0.25) is 9.52 Å². The first kappa shape index (κ1) is 23.1. The maximum absolute atomic E-state index is 14.1. The van der Waals surface area contributed by atoms with E-state index in [4.69, 9.17) is 0 Å². The maximum Gasteiger partial charge on any atom is 0.261 e. The number of halogens is 3. The second kappa shape index (κ2) is 9.31. The number of amides is 1. The van der Waals surface area contributed by atoms with Crippen LogP contribution in [0.25, 0.3) is 0 Å². The Morgan fingerprint density at radius 1 is 0.875 bits per heavy atom. The molecular formula is C22H20F3N3O3S. The van der Waals surface area contributed by atoms with Crippen molar-refractivity contribution in [2.75, 3.05) is 29.0 Å². The summed E-state index contributed by atoms with van der Waals surface area (Å²) in [6.45, 7) is 0. The molecule has 0 spiro atoms. The van der Waals surface area contributed by atoms with E-state index in [1.807, 2.05) is 0 Å². The van der Waals surface area contributed by atoms with Gasteiger partial charge in [0.25, 0.3) is 10.0 Å². The highest BCUT2D eigenvalue weighted by Gasteiger charge is 2.16. The molecule has 10 heteroatoms. The number of carbonyl (C=O) groups excluding carboxylic acids is 1. The Morgan fingerprint density at radius 2 is 1.44 bits per heavy atom. The molecule has 2 N–H and O–H groups in total. The van der Waals surface area contributed by atoms with E-state index in [9.17, 15) is 26.4 Å². The minimum atomic E-state index is -3.90. The zero-order valence-corrected chi connectivity index (χ0v) is 18.0. The standard InChI is InChI=1S/C22H20F3N3O3S/c1-28(2)22-19(24)12-17(13-20(22)25)26-21(29)11-14-3-7-16(8-4-14)27-32(30,31)18-9-5-15(23)6-10-18/h3-10,12-13,27H,11H2,1-2H3,(H,26,29). The van der Waals surface area contributed by atoms with Crippen LogP contribution in [0.15, 0.2) is 65.6 Å². The number of sulfonamides is 1. The molecule has 3 aromatic carbocycles. The van der Waals surface area contributed by atoms with Crippen LogP contribution in [0.4, 0.5) is 30.2 Å². The Balaban J connectivity index is 1.64. The van der Waals surface area contributed by atoms with Crippen LogP contribution in [-0.4, -0.2) is 28.4 Å². The van der Waals surface area contributed by atoms with E-state index in [0.717, 1.165) is 36.4 Å². The van der Waals surface area contributed by atoms with E-state index >= 15 is 0 Å². The average Bonchev–Trinajstić information content (AvgIpc) is 2.68. The van der Waals surface area contributed by atoms with Gasteiger partial charge in [-0.1, -0.05) is 12.1 Å². The molecule has 168 valence electrons. The van der Waals surface area contributed by atoms with Gasteiger partial charge in [-0.2, -0.15) is 0 Å². The quantitative estimate of drug-likeness (QED) is 0.552. The fourth-order valence-electron chi connectivity index (χ4n) is 2.97. The number of benzene rings is 3. The number of rotatable bonds is 7. The zero-order valence-electron chi connectivity index (χ0n) is 17.2. The van der Waals surface area contributed by atoms with Gasteiger partial charge in [0.1, 0.15) is 11.5 Å². The number of anilines is 3. The summed E-state index contributed by atoms with van der Waals surface area (Å²) >= 11 is 0. The Labute approximate surface area is 183 Å². The smallest absolute Gasteiger partial charge is 0.261 e.